The van der Waals surface area contributed by atoms with E-state index in [1.54, 1.807) is 12.1 Å². The van der Waals surface area contributed by atoms with Crippen molar-refractivity contribution in [1.29, 1.82) is 0 Å². The summed E-state index contributed by atoms with van der Waals surface area (Å²) in [6.07, 6.45) is 3.45. The van der Waals surface area contributed by atoms with Gasteiger partial charge in [0.2, 0.25) is 0 Å². The van der Waals surface area contributed by atoms with Gasteiger partial charge in [-0.3, -0.25) is 9.69 Å². The average molecular weight is 386 g/mol. The molecule has 20 heavy (non-hydrogen) atoms. The number of hydrogen-bond acceptors (Lipinski definition) is 3. The number of amides is 1. The van der Waals surface area contributed by atoms with E-state index in [2.05, 4.69) is 34.5 Å². The van der Waals surface area contributed by atoms with Gasteiger partial charge in [0.15, 0.2) is 0 Å². The number of rotatable bonds is 1. The highest BCUT2D eigenvalue weighted by molar-refractivity contribution is 14.1. The van der Waals surface area contributed by atoms with Gasteiger partial charge in [0.05, 0.1) is 5.56 Å². The normalized spacial score (nSPS) is 26.6. The van der Waals surface area contributed by atoms with Crippen molar-refractivity contribution < 1.29 is 9.90 Å². The Morgan fingerprint density at radius 3 is 2.85 bits per heavy atom. The predicted octanol–water partition coefficient (Wildman–Crippen LogP) is 2.31. The molecule has 108 valence electrons. The Balaban J connectivity index is 1.82. The fourth-order valence-electron chi connectivity index (χ4n) is 3.34. The standard InChI is InChI=1S/C15H19IN2O2/c1-17-11-3-4-12(17)9-18(7-6-11)15(20)13-8-10(16)2-5-14(13)19/h2,5,8,11-12,19H,3-4,6-7,9H2,1H3. The summed E-state index contributed by atoms with van der Waals surface area (Å²) in [5.74, 6) is 0.0418. The number of likely N-dealkylation sites (tertiary alicyclic amines) is 1. The first-order valence-electron chi connectivity index (χ1n) is 7.06. The molecule has 0 saturated carbocycles. The molecule has 0 spiro atoms. The molecule has 3 rings (SSSR count). The van der Waals surface area contributed by atoms with E-state index in [-0.39, 0.29) is 11.7 Å². The fourth-order valence-corrected chi connectivity index (χ4v) is 3.83. The van der Waals surface area contributed by atoms with Crippen molar-refractivity contribution >= 4 is 28.5 Å². The monoisotopic (exact) mass is 386 g/mol. The third kappa shape index (κ3) is 2.53. The van der Waals surface area contributed by atoms with E-state index in [0.717, 1.165) is 23.1 Å². The van der Waals surface area contributed by atoms with Crippen LogP contribution in [0, 0.1) is 3.57 Å². The van der Waals surface area contributed by atoms with Crippen molar-refractivity contribution in [2.75, 3.05) is 20.1 Å². The van der Waals surface area contributed by atoms with Crippen LogP contribution < -0.4 is 0 Å². The summed E-state index contributed by atoms with van der Waals surface area (Å²) in [6, 6.07) is 6.26. The van der Waals surface area contributed by atoms with Gasteiger partial charge in [-0.1, -0.05) is 0 Å². The lowest BCUT2D eigenvalue weighted by atomic mass is 10.1. The summed E-state index contributed by atoms with van der Waals surface area (Å²) >= 11 is 2.17. The lowest BCUT2D eigenvalue weighted by Crippen LogP contribution is -2.39. The molecule has 0 aliphatic carbocycles. The molecule has 2 atom stereocenters. The van der Waals surface area contributed by atoms with Crippen LogP contribution >= 0.6 is 22.6 Å². The van der Waals surface area contributed by atoms with Crippen LogP contribution in [0.2, 0.25) is 0 Å². The average Bonchev–Trinajstić information content (AvgIpc) is 2.65. The van der Waals surface area contributed by atoms with Crippen LogP contribution in [0.25, 0.3) is 0 Å². The Morgan fingerprint density at radius 1 is 1.30 bits per heavy atom. The first-order chi connectivity index (χ1) is 9.56. The number of aromatic hydroxyl groups is 1. The van der Waals surface area contributed by atoms with Crippen molar-refractivity contribution in [2.45, 2.75) is 31.3 Å². The summed E-state index contributed by atoms with van der Waals surface area (Å²) in [7, 11) is 2.17. The van der Waals surface area contributed by atoms with Crippen LogP contribution in [-0.4, -0.2) is 53.0 Å². The molecule has 5 heteroatoms. The van der Waals surface area contributed by atoms with Gasteiger partial charge < -0.3 is 10.0 Å². The fraction of sp³-hybridized carbons (Fsp3) is 0.533. The van der Waals surface area contributed by atoms with E-state index in [0.29, 0.717) is 17.6 Å². The number of likely N-dealkylation sites (N-methyl/N-ethyl adjacent to an activating group) is 1. The number of phenols is 1. The van der Waals surface area contributed by atoms with Crippen LogP contribution in [0.1, 0.15) is 29.6 Å². The van der Waals surface area contributed by atoms with Gasteiger partial charge in [0.1, 0.15) is 5.75 Å². The van der Waals surface area contributed by atoms with Crippen molar-refractivity contribution in [2.24, 2.45) is 0 Å². The number of halogens is 1. The second kappa shape index (κ2) is 5.52. The molecular weight excluding hydrogens is 367 g/mol. The quantitative estimate of drug-likeness (QED) is 0.754. The topological polar surface area (TPSA) is 43.8 Å². The molecule has 1 N–H and O–H groups in total. The third-order valence-corrected chi connectivity index (χ3v) is 5.30. The van der Waals surface area contributed by atoms with Crippen molar-refractivity contribution in [3.63, 3.8) is 0 Å². The van der Waals surface area contributed by atoms with Gasteiger partial charge in [-0.15, -0.1) is 0 Å². The molecule has 0 radical (unpaired) electrons. The summed E-state index contributed by atoms with van der Waals surface area (Å²) in [4.78, 5) is 17.0. The molecule has 2 aliphatic heterocycles. The minimum absolute atomic E-state index is 0.0398. The smallest absolute Gasteiger partial charge is 0.257 e. The molecule has 4 nitrogen and oxygen atoms in total. The molecule has 2 saturated heterocycles. The Morgan fingerprint density at radius 2 is 2.05 bits per heavy atom. The van der Waals surface area contributed by atoms with Gasteiger partial charge >= 0.3 is 0 Å². The molecule has 2 unspecified atom stereocenters. The molecule has 2 heterocycles. The highest BCUT2D eigenvalue weighted by atomic mass is 127. The van der Waals surface area contributed by atoms with Crippen molar-refractivity contribution in [3.8, 4) is 5.75 Å². The minimum atomic E-state index is -0.0398. The van der Waals surface area contributed by atoms with Crippen LogP contribution in [-0.2, 0) is 0 Å². The number of nitrogens with zero attached hydrogens (tertiary/aromatic N) is 2. The van der Waals surface area contributed by atoms with E-state index < -0.39 is 0 Å². The maximum atomic E-state index is 12.7. The van der Waals surface area contributed by atoms with Gasteiger partial charge in [-0.05, 0) is 67.1 Å². The zero-order valence-corrected chi connectivity index (χ0v) is 13.7. The molecule has 2 fully saturated rings. The van der Waals surface area contributed by atoms with Crippen LogP contribution in [0.5, 0.6) is 5.75 Å². The van der Waals surface area contributed by atoms with Gasteiger partial charge in [-0.25, -0.2) is 0 Å². The number of carbonyl (C=O) groups excluding carboxylic acids is 1. The molecule has 1 amide bonds. The molecule has 1 aromatic carbocycles. The van der Waals surface area contributed by atoms with Crippen molar-refractivity contribution in [1.82, 2.24) is 9.80 Å². The number of fused-ring (bicyclic) bond motifs is 2. The minimum Gasteiger partial charge on any atom is -0.507 e. The van der Waals surface area contributed by atoms with Gasteiger partial charge in [0, 0.05) is 28.7 Å². The van der Waals surface area contributed by atoms with Gasteiger partial charge in [-0.2, -0.15) is 0 Å². The number of carbonyl (C=O) groups is 1. The Hall–Kier alpha value is -0.820. The third-order valence-electron chi connectivity index (χ3n) is 4.62. The Labute approximate surface area is 132 Å². The number of phenolic OH excluding ortho intramolecular Hbond substituents is 1. The Bertz CT molecular complexity index is 535. The molecule has 1 aromatic rings. The first-order valence-corrected chi connectivity index (χ1v) is 8.14. The molecule has 0 aromatic heterocycles. The maximum absolute atomic E-state index is 12.7. The zero-order valence-electron chi connectivity index (χ0n) is 11.6. The summed E-state index contributed by atoms with van der Waals surface area (Å²) in [5.41, 5.74) is 0.428. The van der Waals surface area contributed by atoms with Crippen molar-refractivity contribution in [3.05, 3.63) is 27.3 Å². The lowest BCUT2D eigenvalue weighted by Gasteiger charge is -2.26. The first kappa shape index (κ1) is 14.1. The highest BCUT2D eigenvalue weighted by Gasteiger charge is 2.36. The largest absolute Gasteiger partial charge is 0.507 e. The van der Waals surface area contributed by atoms with Crippen LogP contribution in [0.15, 0.2) is 18.2 Å². The zero-order chi connectivity index (χ0) is 14.3. The van der Waals surface area contributed by atoms with E-state index in [9.17, 15) is 9.90 Å². The van der Waals surface area contributed by atoms with Crippen LogP contribution in [0.3, 0.4) is 0 Å². The highest BCUT2D eigenvalue weighted by Crippen LogP contribution is 2.30. The Kier molecular flexibility index (Phi) is 3.90. The lowest BCUT2D eigenvalue weighted by molar-refractivity contribution is 0.0737. The molecular formula is C15H19IN2O2. The number of benzene rings is 1. The van der Waals surface area contributed by atoms with Gasteiger partial charge in [0.25, 0.3) is 5.91 Å². The van der Waals surface area contributed by atoms with E-state index in [4.69, 9.17) is 0 Å². The summed E-state index contributed by atoms with van der Waals surface area (Å²) in [5, 5.41) is 9.93. The second-order valence-corrected chi connectivity index (χ2v) is 7.00. The SMILES string of the molecule is CN1C2CCC1CN(C(=O)c1cc(I)ccc1O)CC2. The number of hydrogen-bond donors (Lipinski definition) is 1. The predicted molar refractivity (Wildman–Crippen MR) is 85.9 cm³/mol. The summed E-state index contributed by atoms with van der Waals surface area (Å²) in [6.45, 7) is 1.56. The summed E-state index contributed by atoms with van der Waals surface area (Å²) < 4.78 is 0.970. The molecule has 2 aliphatic rings. The van der Waals surface area contributed by atoms with Crippen LogP contribution in [0.4, 0.5) is 0 Å². The van der Waals surface area contributed by atoms with E-state index in [1.807, 2.05) is 11.0 Å². The molecule has 2 bridgehead atoms. The maximum Gasteiger partial charge on any atom is 0.257 e. The van der Waals surface area contributed by atoms with E-state index >= 15 is 0 Å². The van der Waals surface area contributed by atoms with E-state index in [1.165, 1.54) is 12.8 Å². The second-order valence-electron chi connectivity index (χ2n) is 5.75.